The van der Waals surface area contributed by atoms with Gasteiger partial charge in [-0.15, -0.1) is 11.3 Å². The molecular weight excluding hydrogens is 554 g/mol. The molecule has 3 fully saturated rings. The van der Waals surface area contributed by atoms with Crippen LogP contribution in [0.1, 0.15) is 71.8 Å². The van der Waals surface area contributed by atoms with Crippen LogP contribution >= 0.6 is 11.3 Å². The summed E-state index contributed by atoms with van der Waals surface area (Å²) in [5.74, 6) is 0.0261. The fourth-order valence-electron chi connectivity index (χ4n) is 7.20. The number of ether oxygens (including phenoxy) is 1. The first kappa shape index (κ1) is 28.6. The molecule has 4 atom stereocenters. The summed E-state index contributed by atoms with van der Waals surface area (Å²) in [6, 6.07) is 5.67. The van der Waals surface area contributed by atoms with Crippen molar-refractivity contribution in [3.8, 4) is 5.75 Å². The molecule has 0 spiro atoms. The van der Waals surface area contributed by atoms with E-state index in [9.17, 15) is 19.2 Å². The molecule has 2 aromatic rings. The topological polar surface area (TPSA) is 112 Å². The largest absolute Gasteiger partial charge is 0.488 e. The Balaban J connectivity index is 1.28. The number of carbonyl (C=O) groups excluding carboxylic acids is 4. The van der Waals surface area contributed by atoms with Gasteiger partial charge in [-0.05, 0) is 37.3 Å². The van der Waals surface area contributed by atoms with Crippen molar-refractivity contribution in [3.63, 3.8) is 0 Å². The Morgan fingerprint density at radius 3 is 2.62 bits per heavy atom. The third-order valence-electron chi connectivity index (χ3n) is 9.37. The van der Waals surface area contributed by atoms with Gasteiger partial charge in [0.15, 0.2) is 0 Å². The van der Waals surface area contributed by atoms with Crippen molar-refractivity contribution in [1.29, 1.82) is 0 Å². The minimum atomic E-state index is -0.369. The lowest BCUT2D eigenvalue weighted by molar-refractivity contribution is -0.147. The number of hydrogen-bond acceptors (Lipinski definition) is 7. The number of benzene rings is 1. The van der Waals surface area contributed by atoms with Gasteiger partial charge in [0.05, 0.1) is 24.3 Å². The predicted molar refractivity (Wildman–Crippen MR) is 157 cm³/mol. The maximum absolute atomic E-state index is 14.3. The normalized spacial score (nSPS) is 25.8. The third kappa shape index (κ3) is 5.63. The van der Waals surface area contributed by atoms with Crippen LogP contribution in [-0.2, 0) is 20.8 Å². The Kier molecular flexibility index (Phi) is 8.46. The van der Waals surface area contributed by atoms with Crippen LogP contribution in [0.4, 0.5) is 0 Å². The average Bonchev–Trinajstić information content (AvgIpc) is 3.80. The number of likely N-dealkylation sites (tertiary alicyclic amines) is 2. The van der Waals surface area contributed by atoms with Crippen molar-refractivity contribution in [1.82, 2.24) is 25.0 Å². The molecule has 0 bridgehead atoms. The molecule has 3 unspecified atom stereocenters. The molecule has 6 rings (SSSR count). The summed E-state index contributed by atoms with van der Waals surface area (Å²) < 4.78 is 6.63. The van der Waals surface area contributed by atoms with Crippen molar-refractivity contribution in [3.05, 3.63) is 45.9 Å². The highest BCUT2D eigenvalue weighted by Gasteiger charge is 2.43. The molecule has 4 heterocycles. The Hall–Kier alpha value is -3.47. The number of aromatic nitrogens is 1. The maximum atomic E-state index is 14.3. The highest BCUT2D eigenvalue weighted by molar-refractivity contribution is 7.11. The number of fused-ring (bicyclic) bond motifs is 1. The summed E-state index contributed by atoms with van der Waals surface area (Å²) in [5.41, 5.74) is 3.74. The zero-order valence-corrected chi connectivity index (χ0v) is 24.9. The monoisotopic (exact) mass is 593 g/mol. The highest BCUT2D eigenvalue weighted by atomic mass is 32.1. The zero-order chi connectivity index (χ0) is 29.2. The average molecular weight is 594 g/mol. The van der Waals surface area contributed by atoms with Crippen LogP contribution < -0.4 is 10.1 Å². The molecule has 2 saturated heterocycles. The fourth-order valence-corrected chi connectivity index (χ4v) is 7.79. The van der Waals surface area contributed by atoms with Crippen LogP contribution in [0, 0.1) is 11.8 Å². The van der Waals surface area contributed by atoms with E-state index in [1.54, 1.807) is 18.8 Å². The van der Waals surface area contributed by atoms with Crippen molar-refractivity contribution in [2.24, 2.45) is 11.8 Å². The number of nitrogens with one attached hydrogen (secondary N) is 1. The van der Waals surface area contributed by atoms with E-state index in [4.69, 9.17) is 4.74 Å². The lowest BCUT2D eigenvalue weighted by Gasteiger charge is -2.43. The van der Waals surface area contributed by atoms with Gasteiger partial charge in [0.2, 0.25) is 17.7 Å². The van der Waals surface area contributed by atoms with Gasteiger partial charge < -0.3 is 24.8 Å². The molecule has 1 N–H and O–H groups in total. The number of amides is 4. The summed E-state index contributed by atoms with van der Waals surface area (Å²) in [4.78, 5) is 63.0. The van der Waals surface area contributed by atoms with Gasteiger partial charge in [0.25, 0.3) is 5.91 Å². The standard InChI is InChI=1S/C31H39N5O5S/c1-32-29(38)22-7-2-3-8-23(22)30(39)36-15-11-20-6-4-9-25(28(20)24(36)18-34-13-5-10-27(34)37)41-21-12-14-35(17-21)31(40)26-16-33-19-42-26/h4,6,9,16,19,21-24H,2-3,5,7-8,10-15,17-18H2,1H3,(H,32,38)/t21?,22?,23?,24-/m1/s1. The number of thiazole rings is 1. The van der Waals surface area contributed by atoms with Gasteiger partial charge in [-0.25, -0.2) is 0 Å². The third-order valence-corrected chi connectivity index (χ3v) is 10.1. The summed E-state index contributed by atoms with van der Waals surface area (Å²) in [6.07, 6.45) is 7.44. The van der Waals surface area contributed by atoms with Gasteiger partial charge in [-0.3, -0.25) is 24.2 Å². The number of carbonyl (C=O) groups is 4. The minimum absolute atomic E-state index is 0.00240. The fraction of sp³-hybridized carbons (Fsp3) is 0.581. The molecule has 0 radical (unpaired) electrons. The highest BCUT2D eigenvalue weighted by Crippen LogP contribution is 2.41. The van der Waals surface area contributed by atoms with E-state index in [1.807, 2.05) is 26.8 Å². The maximum Gasteiger partial charge on any atom is 0.265 e. The molecule has 1 saturated carbocycles. The molecule has 1 aliphatic carbocycles. The summed E-state index contributed by atoms with van der Waals surface area (Å²) in [7, 11) is 1.63. The van der Waals surface area contributed by atoms with Crippen molar-refractivity contribution in [2.75, 3.05) is 39.8 Å². The second-order valence-electron chi connectivity index (χ2n) is 11.8. The first-order valence-corrected chi connectivity index (χ1v) is 16.1. The second kappa shape index (κ2) is 12.4. The van der Waals surface area contributed by atoms with Gasteiger partial charge in [-0.2, -0.15) is 0 Å². The second-order valence-corrected chi connectivity index (χ2v) is 12.7. The Labute approximate surface area is 250 Å². The summed E-state index contributed by atoms with van der Waals surface area (Å²) in [6.45, 7) is 2.72. The van der Waals surface area contributed by atoms with Crippen LogP contribution in [0.3, 0.4) is 0 Å². The number of rotatable bonds is 7. The zero-order valence-electron chi connectivity index (χ0n) is 24.1. The number of nitrogens with zero attached hydrogens (tertiary/aromatic N) is 4. The molecular formula is C31H39N5O5S. The van der Waals surface area contributed by atoms with E-state index >= 15 is 0 Å². The first-order valence-electron chi connectivity index (χ1n) is 15.2. The van der Waals surface area contributed by atoms with E-state index in [2.05, 4.69) is 16.4 Å². The Morgan fingerprint density at radius 2 is 1.88 bits per heavy atom. The van der Waals surface area contributed by atoms with Crippen LogP contribution in [-0.4, -0.2) is 89.2 Å². The smallest absolute Gasteiger partial charge is 0.265 e. The lowest BCUT2D eigenvalue weighted by Crippen LogP contribution is -2.50. The molecule has 3 aliphatic heterocycles. The van der Waals surface area contributed by atoms with E-state index in [0.29, 0.717) is 75.5 Å². The predicted octanol–water partition coefficient (Wildman–Crippen LogP) is 3.04. The molecule has 224 valence electrons. The molecule has 11 heteroatoms. The van der Waals surface area contributed by atoms with Crippen LogP contribution in [0.15, 0.2) is 29.9 Å². The Morgan fingerprint density at radius 1 is 1.05 bits per heavy atom. The van der Waals surface area contributed by atoms with Gasteiger partial charge >= 0.3 is 0 Å². The van der Waals surface area contributed by atoms with E-state index in [0.717, 1.165) is 30.4 Å². The van der Waals surface area contributed by atoms with Crippen LogP contribution in [0.25, 0.3) is 0 Å². The van der Waals surface area contributed by atoms with Gasteiger partial charge in [-0.1, -0.05) is 25.0 Å². The SMILES string of the molecule is CNC(=O)C1CCCCC1C(=O)N1CCc2cccc(OC3CCN(C(=O)c4cncs4)C3)c2[C@H]1CN1CCCC1=O. The van der Waals surface area contributed by atoms with Crippen LogP contribution in [0.5, 0.6) is 5.75 Å². The minimum Gasteiger partial charge on any atom is -0.488 e. The van der Waals surface area contributed by atoms with Crippen molar-refractivity contribution in [2.45, 2.75) is 63.5 Å². The lowest BCUT2D eigenvalue weighted by atomic mass is 9.77. The molecule has 1 aromatic heterocycles. The molecule has 4 amide bonds. The van der Waals surface area contributed by atoms with E-state index in [1.165, 1.54) is 11.3 Å². The van der Waals surface area contributed by atoms with Gasteiger partial charge in [0.1, 0.15) is 16.7 Å². The van der Waals surface area contributed by atoms with Crippen molar-refractivity contribution >= 4 is 35.0 Å². The van der Waals surface area contributed by atoms with E-state index in [-0.39, 0.29) is 47.6 Å². The first-order chi connectivity index (χ1) is 20.4. The summed E-state index contributed by atoms with van der Waals surface area (Å²) in [5, 5.41) is 2.77. The molecule has 1 aromatic carbocycles. The molecule has 42 heavy (non-hydrogen) atoms. The molecule has 4 aliphatic rings. The van der Waals surface area contributed by atoms with E-state index < -0.39 is 0 Å². The quantitative estimate of drug-likeness (QED) is 0.528. The Bertz CT molecular complexity index is 1330. The van der Waals surface area contributed by atoms with Crippen LogP contribution in [0.2, 0.25) is 0 Å². The summed E-state index contributed by atoms with van der Waals surface area (Å²) >= 11 is 1.34. The van der Waals surface area contributed by atoms with Gasteiger partial charge in [0, 0.05) is 63.5 Å². The number of hydrogen-bond donors (Lipinski definition) is 1. The molecule has 10 nitrogen and oxygen atoms in total. The van der Waals surface area contributed by atoms with Crippen molar-refractivity contribution < 1.29 is 23.9 Å².